The number of hydrogen-bond acceptors (Lipinski definition) is 2. The summed E-state index contributed by atoms with van der Waals surface area (Å²) in [7, 11) is 0. The van der Waals surface area contributed by atoms with Crippen LogP contribution >= 0.6 is 0 Å². The van der Waals surface area contributed by atoms with Gasteiger partial charge in [-0.25, -0.2) is 0 Å². The summed E-state index contributed by atoms with van der Waals surface area (Å²) < 4.78 is 0. The third-order valence-electron chi connectivity index (χ3n) is 13.4. The Balaban J connectivity index is 1.09. The highest BCUT2D eigenvalue weighted by Gasteiger charge is 2.45. The number of anilines is 6. The van der Waals surface area contributed by atoms with Gasteiger partial charge in [-0.3, -0.25) is 0 Å². The molecule has 1 atom stereocenters. The first-order chi connectivity index (χ1) is 28.5. The van der Waals surface area contributed by atoms with Crippen LogP contribution in [0.15, 0.2) is 194 Å². The molecular weight excluding hydrogens is 701 g/mol. The molecule has 280 valence electrons. The Morgan fingerprint density at radius 3 is 1.41 bits per heavy atom. The number of benzene rings is 8. The molecule has 0 saturated carbocycles. The molecule has 0 N–H and O–H groups in total. The maximum atomic E-state index is 2.56. The molecule has 11 rings (SSSR count). The largest absolute Gasteiger partial charge is 0.310 e. The van der Waals surface area contributed by atoms with Crippen LogP contribution in [0.3, 0.4) is 0 Å². The minimum absolute atomic E-state index is 0.0398. The first-order valence-corrected chi connectivity index (χ1v) is 20.9. The molecule has 0 aliphatic heterocycles. The van der Waals surface area contributed by atoms with Crippen LogP contribution < -0.4 is 9.80 Å². The normalized spacial score (nSPS) is 16.7. The number of fused-ring (bicyclic) bond motifs is 7. The van der Waals surface area contributed by atoms with Gasteiger partial charge in [-0.05, 0) is 149 Å². The van der Waals surface area contributed by atoms with E-state index in [0.29, 0.717) is 0 Å². The Bertz CT molecular complexity index is 2760. The van der Waals surface area contributed by atoms with Crippen LogP contribution in [0.5, 0.6) is 0 Å². The summed E-state index contributed by atoms with van der Waals surface area (Å²) in [5, 5.41) is 0. The summed E-state index contributed by atoms with van der Waals surface area (Å²) in [6.45, 7) is 4.77. The van der Waals surface area contributed by atoms with Gasteiger partial charge in [-0.2, -0.15) is 0 Å². The third-order valence-corrected chi connectivity index (χ3v) is 13.4. The number of aryl methyl sites for hydroxylation is 2. The summed E-state index contributed by atoms with van der Waals surface area (Å²) in [6, 6.07) is 72.2. The van der Waals surface area contributed by atoms with Crippen molar-refractivity contribution in [3.05, 3.63) is 228 Å². The number of rotatable bonds is 7. The van der Waals surface area contributed by atoms with E-state index in [9.17, 15) is 0 Å². The van der Waals surface area contributed by atoms with Crippen molar-refractivity contribution in [3.63, 3.8) is 0 Å². The standard InChI is InChI=1S/C56H46N2/c1-55(2)50-26-16-15-25-47(50)49-37-48(39-17-7-3-8-18-39)54(38-53(49)55)58(44-23-13-6-14-24-44)46-30-28-41-32-34-56(52(41)36-46)33-31-40-27-29-45(35-51(40)56)57(42-19-9-4-10-20-42)43-21-11-5-12-22-43/h3-30,35-38H,31-34H2,1-2H3/t56-/m1/s1. The van der Waals surface area contributed by atoms with Crippen LogP contribution in [0.2, 0.25) is 0 Å². The number of nitrogens with zero attached hydrogens (tertiary/aromatic N) is 2. The minimum atomic E-state index is -0.126. The van der Waals surface area contributed by atoms with Crippen molar-refractivity contribution in [2.45, 2.75) is 50.4 Å². The smallest absolute Gasteiger partial charge is 0.0543 e. The van der Waals surface area contributed by atoms with Crippen molar-refractivity contribution >= 4 is 34.1 Å². The third kappa shape index (κ3) is 5.39. The zero-order valence-electron chi connectivity index (χ0n) is 33.2. The van der Waals surface area contributed by atoms with Gasteiger partial charge in [0.15, 0.2) is 0 Å². The second kappa shape index (κ2) is 13.5. The molecule has 2 nitrogen and oxygen atoms in total. The van der Waals surface area contributed by atoms with E-state index in [4.69, 9.17) is 0 Å². The van der Waals surface area contributed by atoms with Gasteiger partial charge in [0.05, 0.1) is 5.69 Å². The highest BCUT2D eigenvalue weighted by Crippen LogP contribution is 2.57. The Kier molecular flexibility index (Phi) is 8.05. The Morgan fingerprint density at radius 1 is 0.362 bits per heavy atom. The van der Waals surface area contributed by atoms with Crippen LogP contribution in [-0.4, -0.2) is 0 Å². The Labute approximate surface area is 342 Å². The van der Waals surface area contributed by atoms with E-state index in [1.54, 1.807) is 0 Å². The van der Waals surface area contributed by atoms with Gasteiger partial charge in [0.2, 0.25) is 0 Å². The van der Waals surface area contributed by atoms with Crippen LogP contribution in [0, 0.1) is 0 Å². The van der Waals surface area contributed by atoms with Crippen molar-refractivity contribution in [1.82, 2.24) is 0 Å². The molecule has 8 aromatic carbocycles. The zero-order valence-corrected chi connectivity index (χ0v) is 33.2. The first kappa shape index (κ1) is 34.6. The first-order valence-electron chi connectivity index (χ1n) is 20.9. The highest BCUT2D eigenvalue weighted by atomic mass is 15.1. The second-order valence-corrected chi connectivity index (χ2v) is 16.9. The van der Waals surface area contributed by atoms with Crippen molar-refractivity contribution < 1.29 is 0 Å². The summed E-state index contributed by atoms with van der Waals surface area (Å²) in [5.41, 5.74) is 20.8. The van der Waals surface area contributed by atoms with Crippen LogP contribution in [-0.2, 0) is 23.7 Å². The number of para-hydroxylation sites is 3. The lowest BCUT2D eigenvalue weighted by atomic mass is 9.76. The monoisotopic (exact) mass is 746 g/mol. The van der Waals surface area contributed by atoms with E-state index in [0.717, 1.165) is 31.4 Å². The average molecular weight is 747 g/mol. The predicted octanol–water partition coefficient (Wildman–Crippen LogP) is 14.8. The highest BCUT2D eigenvalue weighted by molar-refractivity contribution is 5.95. The molecule has 58 heavy (non-hydrogen) atoms. The quantitative estimate of drug-likeness (QED) is 0.160. The van der Waals surface area contributed by atoms with Crippen molar-refractivity contribution in [2.24, 2.45) is 0 Å². The molecule has 0 saturated heterocycles. The lowest BCUT2D eigenvalue weighted by molar-refractivity contribution is 0.507. The van der Waals surface area contributed by atoms with E-state index < -0.39 is 0 Å². The predicted molar refractivity (Wildman–Crippen MR) is 243 cm³/mol. The van der Waals surface area contributed by atoms with Crippen LogP contribution in [0.4, 0.5) is 34.1 Å². The molecule has 3 aliphatic carbocycles. The summed E-state index contributed by atoms with van der Waals surface area (Å²) in [4.78, 5) is 4.95. The van der Waals surface area contributed by atoms with E-state index in [1.807, 2.05) is 0 Å². The van der Waals surface area contributed by atoms with Crippen molar-refractivity contribution in [1.29, 1.82) is 0 Å². The fourth-order valence-corrected chi connectivity index (χ4v) is 10.6. The molecule has 0 unspecified atom stereocenters. The molecule has 2 heteroatoms. The van der Waals surface area contributed by atoms with Gasteiger partial charge < -0.3 is 9.80 Å². The van der Waals surface area contributed by atoms with E-state index in [-0.39, 0.29) is 10.8 Å². The molecule has 1 spiro atoms. The van der Waals surface area contributed by atoms with E-state index in [1.165, 1.54) is 84.1 Å². The maximum Gasteiger partial charge on any atom is 0.0543 e. The SMILES string of the molecule is CC1(C)c2ccccc2-c2cc(-c3ccccc3)c(N(c3ccccc3)c3ccc4c(c3)[C@]3(CCc5ccc(N(c6ccccc6)c6ccccc6)cc53)CC4)cc21. The number of hydrogen-bond donors (Lipinski definition) is 0. The molecule has 0 amide bonds. The van der Waals surface area contributed by atoms with Crippen molar-refractivity contribution in [3.8, 4) is 22.3 Å². The second-order valence-electron chi connectivity index (χ2n) is 16.9. The summed E-state index contributed by atoms with van der Waals surface area (Å²) in [5.74, 6) is 0. The van der Waals surface area contributed by atoms with Gasteiger partial charge in [0.25, 0.3) is 0 Å². The van der Waals surface area contributed by atoms with Gasteiger partial charge in [0.1, 0.15) is 0 Å². The molecule has 0 fully saturated rings. The average Bonchev–Trinajstić information content (AvgIpc) is 3.91. The fraction of sp³-hybridized carbons (Fsp3) is 0.143. The molecule has 0 bridgehead atoms. The van der Waals surface area contributed by atoms with E-state index in [2.05, 4.69) is 218 Å². The molecule has 3 aliphatic rings. The summed E-state index contributed by atoms with van der Waals surface area (Å²) in [6.07, 6.45) is 4.44. The lowest BCUT2D eigenvalue weighted by Crippen LogP contribution is -2.22. The molecule has 0 radical (unpaired) electrons. The zero-order chi connectivity index (χ0) is 38.8. The summed E-state index contributed by atoms with van der Waals surface area (Å²) >= 11 is 0. The fourth-order valence-electron chi connectivity index (χ4n) is 10.6. The van der Waals surface area contributed by atoms with Gasteiger partial charge in [0, 0.05) is 44.8 Å². The topological polar surface area (TPSA) is 6.48 Å². The van der Waals surface area contributed by atoms with Crippen molar-refractivity contribution in [2.75, 3.05) is 9.80 Å². The molecule has 0 heterocycles. The van der Waals surface area contributed by atoms with E-state index >= 15 is 0 Å². The van der Waals surface area contributed by atoms with Crippen LogP contribution in [0.1, 0.15) is 60.1 Å². The van der Waals surface area contributed by atoms with Crippen LogP contribution in [0.25, 0.3) is 22.3 Å². The van der Waals surface area contributed by atoms with Gasteiger partial charge >= 0.3 is 0 Å². The minimum Gasteiger partial charge on any atom is -0.310 e. The molecule has 8 aromatic rings. The lowest BCUT2D eigenvalue weighted by Gasteiger charge is -2.33. The molecular formula is C56H46N2. The van der Waals surface area contributed by atoms with Gasteiger partial charge in [-0.15, -0.1) is 0 Å². The van der Waals surface area contributed by atoms with Gasteiger partial charge in [-0.1, -0.05) is 135 Å². The molecule has 0 aromatic heterocycles. The Morgan fingerprint density at radius 2 is 0.845 bits per heavy atom. The maximum absolute atomic E-state index is 2.56. The Hall–Kier alpha value is -6.64.